The van der Waals surface area contributed by atoms with Gasteiger partial charge in [-0.15, -0.1) is 6.58 Å². The van der Waals surface area contributed by atoms with Crippen LogP contribution < -0.4 is 14.8 Å². The number of nitrogens with zero attached hydrogens (tertiary/aromatic N) is 1. The van der Waals surface area contributed by atoms with Crippen molar-refractivity contribution in [3.05, 3.63) is 34.8 Å². The maximum atomic E-state index is 5.58. The molecule has 5 heteroatoms. The van der Waals surface area contributed by atoms with E-state index in [4.69, 9.17) is 9.47 Å². The zero-order valence-corrected chi connectivity index (χ0v) is 14.3. The molecule has 0 aromatic heterocycles. The third-order valence-corrected chi connectivity index (χ3v) is 4.47. The highest BCUT2D eigenvalue weighted by molar-refractivity contribution is 9.10. The molecule has 1 aromatic rings. The average Bonchev–Trinajstić information content (AvgIpc) is 2.53. The van der Waals surface area contributed by atoms with Gasteiger partial charge in [-0.3, -0.25) is 4.90 Å². The van der Waals surface area contributed by atoms with Crippen LogP contribution in [0.5, 0.6) is 11.5 Å². The van der Waals surface area contributed by atoms with Gasteiger partial charge in [0.1, 0.15) is 11.5 Å². The van der Waals surface area contributed by atoms with Crippen LogP contribution in [0.3, 0.4) is 0 Å². The first-order chi connectivity index (χ1) is 10.2. The molecule has 1 atom stereocenters. The molecule has 1 fully saturated rings. The quantitative estimate of drug-likeness (QED) is 0.796. The van der Waals surface area contributed by atoms with Crippen molar-refractivity contribution >= 4 is 15.9 Å². The first kappa shape index (κ1) is 16.3. The second-order valence-electron chi connectivity index (χ2n) is 5.05. The van der Waals surface area contributed by atoms with Crippen molar-refractivity contribution in [2.45, 2.75) is 12.5 Å². The molecule has 1 aliphatic rings. The van der Waals surface area contributed by atoms with Crippen LogP contribution in [0.4, 0.5) is 0 Å². The predicted molar refractivity (Wildman–Crippen MR) is 89.2 cm³/mol. The molecule has 1 N–H and O–H groups in total. The van der Waals surface area contributed by atoms with Gasteiger partial charge in [0.25, 0.3) is 0 Å². The van der Waals surface area contributed by atoms with Crippen molar-refractivity contribution in [1.82, 2.24) is 10.2 Å². The second-order valence-corrected chi connectivity index (χ2v) is 5.91. The summed E-state index contributed by atoms with van der Waals surface area (Å²) in [6.07, 6.45) is 2.86. The van der Waals surface area contributed by atoms with Crippen LogP contribution in [-0.4, -0.2) is 45.3 Å². The summed E-state index contributed by atoms with van der Waals surface area (Å²) < 4.78 is 11.9. The number of hydrogen-bond acceptors (Lipinski definition) is 4. The summed E-state index contributed by atoms with van der Waals surface area (Å²) in [5, 5.41) is 3.39. The Kier molecular flexibility index (Phi) is 6.08. The average molecular weight is 355 g/mol. The van der Waals surface area contributed by atoms with E-state index >= 15 is 0 Å². The maximum absolute atomic E-state index is 5.58. The molecular formula is C16H23BrN2O2. The van der Waals surface area contributed by atoms with Gasteiger partial charge >= 0.3 is 0 Å². The van der Waals surface area contributed by atoms with E-state index in [1.165, 1.54) is 0 Å². The molecule has 0 amide bonds. The van der Waals surface area contributed by atoms with Gasteiger partial charge < -0.3 is 14.8 Å². The van der Waals surface area contributed by atoms with Crippen molar-refractivity contribution < 1.29 is 9.47 Å². The molecule has 1 aromatic carbocycles. The summed E-state index contributed by atoms with van der Waals surface area (Å²) in [6, 6.07) is 4.31. The molecule has 0 unspecified atom stereocenters. The van der Waals surface area contributed by atoms with Gasteiger partial charge in [-0.1, -0.05) is 6.08 Å². The molecular weight excluding hydrogens is 332 g/mol. The Morgan fingerprint density at radius 1 is 1.29 bits per heavy atom. The summed E-state index contributed by atoms with van der Waals surface area (Å²) in [6.45, 7) is 8.00. The highest BCUT2D eigenvalue weighted by Gasteiger charge is 2.25. The molecule has 0 bridgehead atoms. The number of benzene rings is 1. The molecule has 0 aliphatic carbocycles. The number of nitrogens with one attached hydrogen (secondary N) is 1. The number of halogens is 1. The Morgan fingerprint density at radius 2 is 1.95 bits per heavy atom. The second kappa shape index (κ2) is 7.82. The largest absolute Gasteiger partial charge is 0.496 e. The summed E-state index contributed by atoms with van der Waals surface area (Å²) >= 11 is 3.52. The zero-order chi connectivity index (χ0) is 15.2. The van der Waals surface area contributed by atoms with E-state index in [9.17, 15) is 0 Å². The molecule has 0 saturated carbocycles. The first-order valence-electron chi connectivity index (χ1n) is 7.18. The highest BCUT2D eigenvalue weighted by atomic mass is 79.9. The van der Waals surface area contributed by atoms with Crippen LogP contribution in [0.25, 0.3) is 0 Å². The van der Waals surface area contributed by atoms with Crippen LogP contribution in [0.1, 0.15) is 18.0 Å². The van der Waals surface area contributed by atoms with Crippen LogP contribution in [0, 0.1) is 0 Å². The van der Waals surface area contributed by atoms with Gasteiger partial charge in [0.15, 0.2) is 0 Å². The van der Waals surface area contributed by atoms with Gasteiger partial charge in [0.05, 0.1) is 18.7 Å². The number of rotatable bonds is 6. The monoisotopic (exact) mass is 354 g/mol. The van der Waals surface area contributed by atoms with E-state index in [0.717, 1.165) is 54.1 Å². The fourth-order valence-corrected chi connectivity index (χ4v) is 3.25. The minimum atomic E-state index is 0.265. The Hall–Kier alpha value is -1.04. The SMILES string of the molecule is C=CC[C@H](c1cc(OC)c(Br)cc1OC)N1CCNCC1. The Morgan fingerprint density at radius 3 is 2.52 bits per heavy atom. The predicted octanol–water partition coefficient (Wildman–Crippen LogP) is 2.99. The summed E-state index contributed by atoms with van der Waals surface area (Å²) in [5.41, 5.74) is 1.15. The number of piperazine rings is 1. The number of hydrogen-bond donors (Lipinski definition) is 1. The minimum absolute atomic E-state index is 0.265. The molecule has 1 aliphatic heterocycles. The number of ether oxygens (including phenoxy) is 2. The lowest BCUT2D eigenvalue weighted by atomic mass is 9.99. The van der Waals surface area contributed by atoms with E-state index in [-0.39, 0.29) is 6.04 Å². The smallest absolute Gasteiger partial charge is 0.133 e. The van der Waals surface area contributed by atoms with Crippen molar-refractivity contribution in [2.24, 2.45) is 0 Å². The van der Waals surface area contributed by atoms with Crippen LogP contribution in [-0.2, 0) is 0 Å². The van der Waals surface area contributed by atoms with Gasteiger partial charge in [0, 0.05) is 37.8 Å². The van der Waals surface area contributed by atoms with Crippen molar-refractivity contribution in [2.75, 3.05) is 40.4 Å². The first-order valence-corrected chi connectivity index (χ1v) is 7.97. The fourth-order valence-electron chi connectivity index (χ4n) is 2.77. The van der Waals surface area contributed by atoms with Crippen molar-refractivity contribution in [3.63, 3.8) is 0 Å². The van der Waals surface area contributed by atoms with Crippen molar-refractivity contribution in [1.29, 1.82) is 0 Å². The topological polar surface area (TPSA) is 33.7 Å². The lowest BCUT2D eigenvalue weighted by Crippen LogP contribution is -2.45. The van der Waals surface area contributed by atoms with Gasteiger partial charge in [-0.05, 0) is 34.5 Å². The van der Waals surface area contributed by atoms with Gasteiger partial charge in [-0.2, -0.15) is 0 Å². The Balaban J connectivity index is 2.39. The molecule has 1 saturated heterocycles. The van der Waals surface area contributed by atoms with Crippen LogP contribution >= 0.6 is 15.9 Å². The molecule has 21 heavy (non-hydrogen) atoms. The molecule has 2 rings (SSSR count). The maximum Gasteiger partial charge on any atom is 0.133 e. The van der Waals surface area contributed by atoms with Crippen molar-refractivity contribution in [3.8, 4) is 11.5 Å². The van der Waals surface area contributed by atoms with Gasteiger partial charge in [0.2, 0.25) is 0 Å². The Labute approximate surface area is 135 Å². The molecule has 116 valence electrons. The lowest BCUT2D eigenvalue weighted by Gasteiger charge is -2.35. The van der Waals surface area contributed by atoms with Crippen LogP contribution in [0.15, 0.2) is 29.3 Å². The molecule has 0 spiro atoms. The molecule has 0 radical (unpaired) electrons. The highest BCUT2D eigenvalue weighted by Crippen LogP contribution is 2.39. The third-order valence-electron chi connectivity index (χ3n) is 3.85. The van der Waals surface area contributed by atoms with E-state index in [1.807, 2.05) is 12.1 Å². The third kappa shape index (κ3) is 3.78. The molecule has 1 heterocycles. The standard InChI is InChI=1S/C16H23BrN2O2/c1-4-5-14(19-8-6-18-7-9-19)12-10-16(21-3)13(17)11-15(12)20-2/h4,10-11,14,18H,1,5-9H2,2-3H3/t14-/m1/s1. The molecule has 4 nitrogen and oxygen atoms in total. The minimum Gasteiger partial charge on any atom is -0.496 e. The number of methoxy groups -OCH3 is 2. The summed E-state index contributed by atoms with van der Waals surface area (Å²) in [7, 11) is 3.39. The van der Waals surface area contributed by atoms with E-state index < -0.39 is 0 Å². The Bertz CT molecular complexity index is 487. The van der Waals surface area contributed by atoms with E-state index in [1.54, 1.807) is 14.2 Å². The lowest BCUT2D eigenvalue weighted by molar-refractivity contribution is 0.171. The fraction of sp³-hybridized carbons (Fsp3) is 0.500. The summed E-state index contributed by atoms with van der Waals surface area (Å²) in [4.78, 5) is 2.48. The van der Waals surface area contributed by atoms with Crippen LogP contribution in [0.2, 0.25) is 0 Å². The van der Waals surface area contributed by atoms with E-state index in [2.05, 4.69) is 38.8 Å². The van der Waals surface area contributed by atoms with E-state index in [0.29, 0.717) is 0 Å². The normalized spacial score (nSPS) is 17.3. The van der Waals surface area contributed by atoms with Gasteiger partial charge in [-0.25, -0.2) is 0 Å². The zero-order valence-electron chi connectivity index (χ0n) is 12.7. The summed E-state index contributed by atoms with van der Waals surface area (Å²) in [5.74, 6) is 1.71.